The number of carbonyl (C=O) groups excluding carboxylic acids is 1. The molecule has 0 saturated carbocycles. The molecule has 134 valence electrons. The normalized spacial score (nSPS) is 10.6. The van der Waals surface area contributed by atoms with E-state index in [1.165, 1.54) is 42.5 Å². The first kappa shape index (κ1) is 19.2. The lowest BCUT2D eigenvalue weighted by atomic mass is 10.1. The van der Waals surface area contributed by atoms with E-state index in [9.17, 15) is 19.3 Å². The molecule has 0 aliphatic carbocycles. The number of thiocarbonyl (C=S) groups is 1. The van der Waals surface area contributed by atoms with Gasteiger partial charge in [-0.05, 0) is 61.0 Å². The number of aryl methyl sites for hydroxylation is 2. The Balaban J connectivity index is 2.06. The lowest BCUT2D eigenvalue weighted by Crippen LogP contribution is -2.33. The van der Waals surface area contributed by atoms with Gasteiger partial charge in [-0.3, -0.25) is 20.2 Å². The molecule has 26 heavy (non-hydrogen) atoms. The molecular weight excluding hydrogens is 357 g/mol. The first-order valence-corrected chi connectivity index (χ1v) is 7.98. The van der Waals surface area contributed by atoms with Crippen molar-refractivity contribution in [3.05, 3.63) is 75.1 Å². The lowest BCUT2D eigenvalue weighted by Gasteiger charge is -2.12. The Morgan fingerprint density at radius 1 is 1.23 bits per heavy atom. The van der Waals surface area contributed by atoms with Crippen LogP contribution in [0.3, 0.4) is 0 Å². The van der Waals surface area contributed by atoms with Crippen molar-refractivity contribution in [2.75, 3.05) is 5.32 Å². The van der Waals surface area contributed by atoms with E-state index < -0.39 is 10.8 Å². The number of benzene rings is 2. The Morgan fingerprint density at radius 2 is 1.88 bits per heavy atom. The van der Waals surface area contributed by atoms with E-state index in [-0.39, 0.29) is 22.3 Å². The Hall–Kier alpha value is -3.13. The third kappa shape index (κ3) is 5.18. The summed E-state index contributed by atoms with van der Waals surface area (Å²) in [6.45, 7) is 3.46. The van der Waals surface area contributed by atoms with E-state index in [2.05, 4.69) is 10.6 Å². The van der Waals surface area contributed by atoms with Crippen LogP contribution in [0.4, 0.5) is 15.8 Å². The predicted octanol–water partition coefficient (Wildman–Crippen LogP) is 3.88. The molecule has 0 radical (unpaired) electrons. The van der Waals surface area contributed by atoms with Crippen LogP contribution < -0.4 is 10.6 Å². The van der Waals surface area contributed by atoms with Crippen LogP contribution in [0.25, 0.3) is 6.08 Å². The summed E-state index contributed by atoms with van der Waals surface area (Å²) < 4.78 is 12.8. The van der Waals surface area contributed by atoms with Crippen molar-refractivity contribution in [3.8, 4) is 0 Å². The molecule has 0 heterocycles. The van der Waals surface area contributed by atoms with Gasteiger partial charge in [0.2, 0.25) is 5.91 Å². The molecule has 8 heteroatoms. The highest BCUT2D eigenvalue weighted by Crippen LogP contribution is 2.29. The minimum absolute atomic E-state index is 0.0613. The van der Waals surface area contributed by atoms with E-state index in [1.54, 1.807) is 19.9 Å². The maximum atomic E-state index is 12.8. The maximum absolute atomic E-state index is 12.8. The number of hydrogen-bond acceptors (Lipinski definition) is 4. The number of nitrogens with zero attached hydrogens (tertiary/aromatic N) is 1. The molecule has 1 amide bonds. The second-order valence-electron chi connectivity index (χ2n) is 5.56. The van der Waals surface area contributed by atoms with Crippen LogP contribution >= 0.6 is 12.2 Å². The number of nitro groups is 1. The molecule has 0 aliphatic rings. The van der Waals surface area contributed by atoms with E-state index in [0.29, 0.717) is 11.1 Å². The Morgan fingerprint density at radius 3 is 2.50 bits per heavy atom. The molecular formula is C18H16FN3O3S. The third-order valence-corrected chi connectivity index (χ3v) is 3.63. The smallest absolute Gasteiger partial charge is 0.293 e. The highest BCUT2D eigenvalue weighted by Gasteiger charge is 2.18. The molecule has 2 aromatic carbocycles. The quantitative estimate of drug-likeness (QED) is 0.368. The van der Waals surface area contributed by atoms with E-state index in [1.807, 2.05) is 0 Å². The van der Waals surface area contributed by atoms with Gasteiger partial charge in [0.25, 0.3) is 5.69 Å². The standard InChI is InChI=1S/C18H16FN3O3S/c1-11-9-12(2)17(15(10-11)22(24)25)21-18(26)20-16(23)8-5-13-3-6-14(19)7-4-13/h3-10H,1-2H3,(H2,20,21,23,26)/b8-5+. The zero-order chi connectivity index (χ0) is 19.3. The van der Waals surface area contributed by atoms with Gasteiger partial charge in [0, 0.05) is 12.1 Å². The lowest BCUT2D eigenvalue weighted by molar-refractivity contribution is -0.384. The largest absolute Gasteiger partial charge is 0.327 e. The van der Waals surface area contributed by atoms with Crippen LogP contribution in [0.1, 0.15) is 16.7 Å². The minimum Gasteiger partial charge on any atom is -0.327 e. The maximum Gasteiger partial charge on any atom is 0.293 e. The Labute approximate surface area is 154 Å². The summed E-state index contributed by atoms with van der Waals surface area (Å²) in [4.78, 5) is 22.6. The molecule has 0 aliphatic heterocycles. The molecule has 0 fully saturated rings. The van der Waals surface area contributed by atoms with Gasteiger partial charge in [-0.15, -0.1) is 0 Å². The van der Waals surface area contributed by atoms with Crippen LogP contribution in [0, 0.1) is 29.8 Å². The number of carbonyl (C=O) groups is 1. The molecule has 0 atom stereocenters. The van der Waals surface area contributed by atoms with Crippen LogP contribution in [-0.2, 0) is 4.79 Å². The highest BCUT2D eigenvalue weighted by atomic mass is 32.1. The number of anilines is 1. The summed E-state index contributed by atoms with van der Waals surface area (Å²) in [6.07, 6.45) is 2.73. The van der Waals surface area contributed by atoms with Crippen molar-refractivity contribution in [1.82, 2.24) is 5.32 Å². The van der Waals surface area contributed by atoms with Gasteiger partial charge < -0.3 is 5.32 Å². The number of nitrogens with one attached hydrogen (secondary N) is 2. The van der Waals surface area contributed by atoms with Gasteiger partial charge >= 0.3 is 0 Å². The van der Waals surface area contributed by atoms with Gasteiger partial charge in [-0.25, -0.2) is 4.39 Å². The summed E-state index contributed by atoms with van der Waals surface area (Å²) in [7, 11) is 0. The second kappa shape index (κ2) is 8.30. The van der Waals surface area contributed by atoms with Gasteiger partial charge in [0.1, 0.15) is 11.5 Å². The van der Waals surface area contributed by atoms with Crippen LogP contribution in [0.2, 0.25) is 0 Å². The van der Waals surface area contributed by atoms with E-state index in [4.69, 9.17) is 12.2 Å². The summed E-state index contributed by atoms with van der Waals surface area (Å²) in [5.41, 5.74) is 2.13. The van der Waals surface area contributed by atoms with Gasteiger partial charge in [-0.2, -0.15) is 0 Å². The third-order valence-electron chi connectivity index (χ3n) is 3.43. The average Bonchev–Trinajstić information content (AvgIpc) is 2.56. The Kier molecular flexibility index (Phi) is 6.13. The van der Waals surface area contributed by atoms with Crippen molar-refractivity contribution in [3.63, 3.8) is 0 Å². The number of hydrogen-bond donors (Lipinski definition) is 2. The SMILES string of the molecule is Cc1cc(C)c(NC(=S)NC(=O)/C=C/c2ccc(F)cc2)c([N+](=O)[O-])c1. The predicted molar refractivity (Wildman–Crippen MR) is 102 cm³/mol. The summed E-state index contributed by atoms with van der Waals surface area (Å²) in [6, 6.07) is 8.80. The fraction of sp³-hybridized carbons (Fsp3) is 0.111. The van der Waals surface area contributed by atoms with Crippen molar-refractivity contribution in [1.29, 1.82) is 0 Å². The molecule has 0 bridgehead atoms. The number of amides is 1. The summed E-state index contributed by atoms with van der Waals surface area (Å²) in [5, 5.41) is 16.3. The Bertz CT molecular complexity index is 895. The van der Waals surface area contributed by atoms with Crippen molar-refractivity contribution in [2.24, 2.45) is 0 Å². The molecule has 2 N–H and O–H groups in total. The van der Waals surface area contributed by atoms with Gasteiger partial charge in [0.05, 0.1) is 4.92 Å². The van der Waals surface area contributed by atoms with Crippen molar-refractivity contribution in [2.45, 2.75) is 13.8 Å². The zero-order valence-electron chi connectivity index (χ0n) is 14.1. The highest BCUT2D eigenvalue weighted by molar-refractivity contribution is 7.80. The first-order chi connectivity index (χ1) is 12.3. The van der Waals surface area contributed by atoms with E-state index in [0.717, 1.165) is 5.56 Å². The molecule has 0 aromatic heterocycles. The van der Waals surface area contributed by atoms with Crippen molar-refractivity contribution >= 4 is 40.7 Å². The monoisotopic (exact) mass is 373 g/mol. The first-order valence-electron chi connectivity index (χ1n) is 7.57. The molecule has 2 aromatic rings. The minimum atomic E-state index is -0.515. The van der Waals surface area contributed by atoms with Crippen LogP contribution in [0.15, 0.2) is 42.5 Å². The fourth-order valence-corrected chi connectivity index (χ4v) is 2.50. The molecule has 0 unspecified atom stereocenters. The van der Waals surface area contributed by atoms with Gasteiger partial charge in [-0.1, -0.05) is 18.2 Å². The topological polar surface area (TPSA) is 84.3 Å². The zero-order valence-corrected chi connectivity index (χ0v) is 14.9. The van der Waals surface area contributed by atoms with Gasteiger partial charge in [0.15, 0.2) is 5.11 Å². The molecule has 6 nitrogen and oxygen atoms in total. The molecule has 2 rings (SSSR count). The van der Waals surface area contributed by atoms with Crippen LogP contribution in [-0.4, -0.2) is 15.9 Å². The average molecular weight is 373 g/mol. The summed E-state index contributed by atoms with van der Waals surface area (Å²) in [5.74, 6) is -0.883. The number of nitro benzene ring substituents is 1. The number of halogens is 1. The second-order valence-corrected chi connectivity index (χ2v) is 5.97. The van der Waals surface area contributed by atoms with Crippen LogP contribution in [0.5, 0.6) is 0 Å². The molecule has 0 spiro atoms. The summed E-state index contributed by atoms with van der Waals surface area (Å²) >= 11 is 5.05. The van der Waals surface area contributed by atoms with Crippen molar-refractivity contribution < 1.29 is 14.1 Å². The van der Waals surface area contributed by atoms with E-state index >= 15 is 0 Å². The fourth-order valence-electron chi connectivity index (χ4n) is 2.30. The number of rotatable bonds is 4. The molecule has 0 saturated heterocycles.